The second kappa shape index (κ2) is 4.89. The molecule has 17 heavy (non-hydrogen) atoms. The highest BCUT2D eigenvalue weighted by Gasteiger charge is 2.38. The lowest BCUT2D eigenvalue weighted by molar-refractivity contribution is 0.111. The summed E-state index contributed by atoms with van der Waals surface area (Å²) in [6.45, 7) is 7.68. The van der Waals surface area contributed by atoms with Crippen LogP contribution in [0.25, 0.3) is 0 Å². The molecule has 3 rings (SSSR count). The second-order valence-corrected chi connectivity index (χ2v) is 6.82. The van der Waals surface area contributed by atoms with Crippen molar-refractivity contribution in [2.24, 2.45) is 11.8 Å². The van der Waals surface area contributed by atoms with Gasteiger partial charge in [-0.2, -0.15) is 0 Å². The van der Waals surface area contributed by atoms with E-state index in [9.17, 15) is 0 Å². The van der Waals surface area contributed by atoms with Crippen LogP contribution in [0.4, 0.5) is 0 Å². The SMILES string of the molecule is CC1CCCC1CN1CCNC2(CCCC2)C1. The van der Waals surface area contributed by atoms with Crippen molar-refractivity contribution in [1.29, 1.82) is 0 Å². The van der Waals surface area contributed by atoms with E-state index in [1.165, 1.54) is 71.1 Å². The summed E-state index contributed by atoms with van der Waals surface area (Å²) in [5, 5.41) is 3.82. The fraction of sp³-hybridized carbons (Fsp3) is 1.00. The molecular weight excluding hydrogens is 208 g/mol. The monoisotopic (exact) mass is 236 g/mol. The summed E-state index contributed by atoms with van der Waals surface area (Å²) in [5.41, 5.74) is 0.514. The van der Waals surface area contributed by atoms with E-state index in [1.807, 2.05) is 0 Å². The van der Waals surface area contributed by atoms with E-state index < -0.39 is 0 Å². The molecule has 1 aliphatic heterocycles. The topological polar surface area (TPSA) is 15.3 Å². The third kappa shape index (κ3) is 2.53. The Bertz CT molecular complexity index is 258. The molecule has 2 aliphatic carbocycles. The summed E-state index contributed by atoms with van der Waals surface area (Å²) in [5.74, 6) is 1.97. The van der Waals surface area contributed by atoms with Gasteiger partial charge in [0.05, 0.1) is 0 Å². The summed E-state index contributed by atoms with van der Waals surface area (Å²) in [6, 6.07) is 0. The summed E-state index contributed by atoms with van der Waals surface area (Å²) in [4.78, 5) is 2.77. The van der Waals surface area contributed by atoms with Crippen LogP contribution in [0.5, 0.6) is 0 Å². The molecule has 0 radical (unpaired) electrons. The predicted molar refractivity (Wildman–Crippen MR) is 72.1 cm³/mol. The average Bonchev–Trinajstić information content (AvgIpc) is 2.91. The molecule has 2 nitrogen and oxygen atoms in total. The van der Waals surface area contributed by atoms with Gasteiger partial charge >= 0.3 is 0 Å². The molecule has 2 unspecified atom stereocenters. The Balaban J connectivity index is 1.56. The van der Waals surface area contributed by atoms with E-state index in [0.29, 0.717) is 5.54 Å². The van der Waals surface area contributed by atoms with Crippen molar-refractivity contribution in [1.82, 2.24) is 10.2 Å². The Kier molecular flexibility index (Phi) is 3.45. The Hall–Kier alpha value is -0.0800. The standard InChI is InChI=1S/C15H28N2/c1-13-5-4-6-14(13)11-17-10-9-16-15(12-17)7-2-3-8-15/h13-14,16H,2-12H2,1H3. The molecule has 3 aliphatic rings. The molecule has 2 heteroatoms. The van der Waals surface area contributed by atoms with Crippen LogP contribution in [0.1, 0.15) is 51.9 Å². The van der Waals surface area contributed by atoms with Crippen LogP contribution in [-0.4, -0.2) is 36.6 Å². The quantitative estimate of drug-likeness (QED) is 0.793. The first kappa shape index (κ1) is 12.0. The largest absolute Gasteiger partial charge is 0.309 e. The van der Waals surface area contributed by atoms with Crippen molar-refractivity contribution >= 4 is 0 Å². The molecule has 98 valence electrons. The summed E-state index contributed by atoms with van der Waals surface area (Å²) < 4.78 is 0. The number of nitrogens with zero attached hydrogens (tertiary/aromatic N) is 1. The molecule has 3 fully saturated rings. The van der Waals surface area contributed by atoms with Gasteiger partial charge in [0.25, 0.3) is 0 Å². The molecule has 1 saturated heterocycles. The number of rotatable bonds is 2. The molecule has 0 aromatic rings. The molecule has 0 amide bonds. The first-order chi connectivity index (χ1) is 8.27. The van der Waals surface area contributed by atoms with Crippen LogP contribution in [0, 0.1) is 11.8 Å². The van der Waals surface area contributed by atoms with Crippen LogP contribution in [0.3, 0.4) is 0 Å². The van der Waals surface area contributed by atoms with Gasteiger partial charge in [-0.25, -0.2) is 0 Å². The minimum Gasteiger partial charge on any atom is -0.309 e. The molecule has 2 atom stereocenters. The first-order valence-corrected chi connectivity index (χ1v) is 7.75. The van der Waals surface area contributed by atoms with Gasteiger partial charge in [0.15, 0.2) is 0 Å². The second-order valence-electron chi connectivity index (χ2n) is 6.82. The van der Waals surface area contributed by atoms with Crippen LogP contribution in [-0.2, 0) is 0 Å². The van der Waals surface area contributed by atoms with E-state index in [-0.39, 0.29) is 0 Å². The lowest BCUT2D eigenvalue weighted by Crippen LogP contribution is -2.59. The van der Waals surface area contributed by atoms with E-state index in [1.54, 1.807) is 0 Å². The van der Waals surface area contributed by atoms with Gasteiger partial charge in [-0.15, -0.1) is 0 Å². The Morgan fingerprint density at radius 1 is 1.18 bits per heavy atom. The van der Waals surface area contributed by atoms with E-state index >= 15 is 0 Å². The van der Waals surface area contributed by atoms with Crippen LogP contribution < -0.4 is 5.32 Å². The van der Waals surface area contributed by atoms with E-state index in [4.69, 9.17) is 0 Å². The third-order valence-electron chi connectivity index (χ3n) is 5.55. The smallest absolute Gasteiger partial charge is 0.0309 e. The number of hydrogen-bond acceptors (Lipinski definition) is 2. The van der Waals surface area contributed by atoms with Gasteiger partial charge in [-0.05, 0) is 31.1 Å². The molecule has 1 heterocycles. The van der Waals surface area contributed by atoms with Gasteiger partial charge in [0.1, 0.15) is 0 Å². The molecule has 0 aromatic heterocycles. The lowest BCUT2D eigenvalue weighted by Gasteiger charge is -2.42. The van der Waals surface area contributed by atoms with Crippen molar-refractivity contribution in [3.05, 3.63) is 0 Å². The molecular formula is C15H28N2. The molecule has 0 aromatic carbocycles. The minimum absolute atomic E-state index is 0.514. The van der Waals surface area contributed by atoms with Gasteiger partial charge < -0.3 is 5.32 Å². The van der Waals surface area contributed by atoms with Gasteiger partial charge in [0.2, 0.25) is 0 Å². The molecule has 1 spiro atoms. The van der Waals surface area contributed by atoms with E-state index in [0.717, 1.165) is 11.8 Å². The van der Waals surface area contributed by atoms with E-state index in [2.05, 4.69) is 17.1 Å². The maximum Gasteiger partial charge on any atom is 0.0309 e. The summed E-state index contributed by atoms with van der Waals surface area (Å²) in [6.07, 6.45) is 10.2. The van der Waals surface area contributed by atoms with Gasteiger partial charge in [0, 0.05) is 31.7 Å². The fourth-order valence-corrected chi connectivity index (χ4v) is 4.41. The Labute approximate surface area is 106 Å². The summed E-state index contributed by atoms with van der Waals surface area (Å²) >= 11 is 0. The van der Waals surface area contributed by atoms with Gasteiger partial charge in [-0.1, -0.05) is 32.6 Å². The van der Waals surface area contributed by atoms with Gasteiger partial charge in [-0.3, -0.25) is 4.90 Å². The van der Waals surface area contributed by atoms with Crippen LogP contribution >= 0.6 is 0 Å². The average molecular weight is 236 g/mol. The maximum atomic E-state index is 3.82. The zero-order valence-corrected chi connectivity index (χ0v) is 11.4. The van der Waals surface area contributed by atoms with Crippen molar-refractivity contribution in [2.45, 2.75) is 57.4 Å². The van der Waals surface area contributed by atoms with Crippen molar-refractivity contribution in [2.75, 3.05) is 26.2 Å². The maximum absolute atomic E-state index is 3.82. The summed E-state index contributed by atoms with van der Waals surface area (Å²) in [7, 11) is 0. The molecule has 0 bridgehead atoms. The predicted octanol–water partition coefficient (Wildman–Crippen LogP) is 2.64. The molecule has 2 saturated carbocycles. The van der Waals surface area contributed by atoms with Crippen LogP contribution in [0.2, 0.25) is 0 Å². The number of nitrogens with one attached hydrogen (secondary N) is 1. The molecule has 1 N–H and O–H groups in total. The number of hydrogen-bond donors (Lipinski definition) is 1. The zero-order chi connectivity index (χ0) is 11.7. The Morgan fingerprint density at radius 3 is 2.71 bits per heavy atom. The highest BCUT2D eigenvalue weighted by atomic mass is 15.2. The van der Waals surface area contributed by atoms with Crippen molar-refractivity contribution in [3.63, 3.8) is 0 Å². The zero-order valence-electron chi connectivity index (χ0n) is 11.4. The highest BCUT2D eigenvalue weighted by molar-refractivity contribution is 4.98. The van der Waals surface area contributed by atoms with Crippen LogP contribution in [0.15, 0.2) is 0 Å². The third-order valence-corrected chi connectivity index (χ3v) is 5.55. The van der Waals surface area contributed by atoms with Crippen molar-refractivity contribution < 1.29 is 0 Å². The van der Waals surface area contributed by atoms with Crippen molar-refractivity contribution in [3.8, 4) is 0 Å². The lowest BCUT2D eigenvalue weighted by atomic mass is 9.92. The number of piperazine rings is 1. The normalized spacial score (nSPS) is 37.9. The highest BCUT2D eigenvalue weighted by Crippen LogP contribution is 2.35. The minimum atomic E-state index is 0.514. The first-order valence-electron chi connectivity index (χ1n) is 7.75. The Morgan fingerprint density at radius 2 is 2.00 bits per heavy atom. The fourth-order valence-electron chi connectivity index (χ4n) is 4.41.